The van der Waals surface area contributed by atoms with E-state index in [1.807, 2.05) is 26.8 Å². The number of rotatable bonds is 6. The fraction of sp³-hybridized carbons (Fsp3) is 0.567. The van der Waals surface area contributed by atoms with Gasteiger partial charge in [-0.3, -0.25) is 0 Å². The van der Waals surface area contributed by atoms with E-state index in [9.17, 15) is 4.79 Å². The number of alkyl carbamates (subject to hydrolysis) is 1. The third kappa shape index (κ3) is 6.43. The lowest BCUT2D eigenvalue weighted by molar-refractivity contribution is 0.0500. The summed E-state index contributed by atoms with van der Waals surface area (Å²) >= 11 is 0. The highest BCUT2D eigenvalue weighted by molar-refractivity contribution is 5.74. The maximum Gasteiger partial charge on any atom is 0.407 e. The van der Waals surface area contributed by atoms with Crippen molar-refractivity contribution in [2.75, 3.05) is 13.6 Å². The Balaban J connectivity index is 1.49. The minimum atomic E-state index is -0.502. The molecule has 1 heterocycles. The molecule has 0 saturated heterocycles. The van der Waals surface area contributed by atoms with Gasteiger partial charge in [-0.25, -0.2) is 4.79 Å². The molecule has 0 bridgehead atoms. The van der Waals surface area contributed by atoms with Crippen LogP contribution >= 0.6 is 0 Å². The molecule has 2 aliphatic rings. The van der Waals surface area contributed by atoms with Crippen LogP contribution in [-0.4, -0.2) is 46.4 Å². The van der Waals surface area contributed by atoms with E-state index in [1.54, 1.807) is 0 Å². The van der Waals surface area contributed by atoms with Gasteiger partial charge in [0.1, 0.15) is 5.60 Å². The van der Waals surface area contributed by atoms with E-state index >= 15 is 0 Å². The molecule has 0 radical (unpaired) electrons. The molecule has 7 nitrogen and oxygen atoms in total. The number of aromatic nitrogens is 2. The molecule has 2 aromatic rings. The maximum atomic E-state index is 12.2. The number of amides is 1. The second-order valence-electron chi connectivity index (χ2n) is 12.3. The summed E-state index contributed by atoms with van der Waals surface area (Å²) in [5.41, 5.74) is 6.58. The maximum absolute atomic E-state index is 12.2. The number of nitrogens with one attached hydrogen (secondary N) is 1. The molecule has 0 fully saturated rings. The number of carbonyl (C=O) groups excluding carboxylic acids is 1. The Bertz CT molecular complexity index is 1200. The third-order valence-corrected chi connectivity index (χ3v) is 7.44. The first-order chi connectivity index (χ1) is 17.3. The number of hydrogen-bond acceptors (Lipinski definition) is 6. The first kappa shape index (κ1) is 27.0. The van der Waals surface area contributed by atoms with Gasteiger partial charge in [0, 0.05) is 36.5 Å². The Kier molecular flexibility index (Phi) is 7.54. The summed E-state index contributed by atoms with van der Waals surface area (Å²) in [4.78, 5) is 19.2. The molecular weight excluding hydrogens is 464 g/mol. The molecule has 200 valence electrons. The fourth-order valence-electron chi connectivity index (χ4n) is 5.22. The molecule has 2 aliphatic carbocycles. The standard InChI is InChI=1S/C30H42N4O3/c1-9-34(8)25-18-30(6,7)15-14-24(25)19(2)27-32-26(33-37-27)22-11-10-21-17-23(13-12-20(21)16-22)31-28(35)36-29(3,4)5/h10-11,16,23H,2,9,12-15,17-18H2,1,3-8H3,(H,31,35). The number of hydrogen-bond donors (Lipinski definition) is 1. The predicted molar refractivity (Wildman–Crippen MR) is 147 cm³/mol. The molecule has 1 amide bonds. The molecule has 1 atom stereocenters. The van der Waals surface area contributed by atoms with Crippen LogP contribution in [0.15, 0.2) is 40.6 Å². The van der Waals surface area contributed by atoms with Gasteiger partial charge in [0.25, 0.3) is 5.89 Å². The molecule has 1 aromatic carbocycles. The molecular formula is C30H42N4O3. The highest BCUT2D eigenvalue weighted by Gasteiger charge is 2.31. The minimum absolute atomic E-state index is 0.0671. The fourth-order valence-corrected chi connectivity index (χ4v) is 5.22. The van der Waals surface area contributed by atoms with Crippen LogP contribution in [0.1, 0.15) is 84.2 Å². The third-order valence-electron chi connectivity index (χ3n) is 7.44. The van der Waals surface area contributed by atoms with Crippen molar-refractivity contribution in [2.24, 2.45) is 5.41 Å². The summed E-state index contributed by atoms with van der Waals surface area (Å²) in [5, 5.41) is 7.31. The molecule has 0 aliphatic heterocycles. The Morgan fingerprint density at radius 1 is 1.27 bits per heavy atom. The Morgan fingerprint density at radius 3 is 2.73 bits per heavy atom. The van der Waals surface area contributed by atoms with Crippen molar-refractivity contribution < 1.29 is 14.1 Å². The quantitative estimate of drug-likeness (QED) is 0.479. The normalized spacial score (nSPS) is 19.3. The summed E-state index contributed by atoms with van der Waals surface area (Å²) in [6, 6.07) is 6.36. The van der Waals surface area contributed by atoms with E-state index in [0.29, 0.717) is 11.7 Å². The molecule has 0 saturated carbocycles. The highest BCUT2D eigenvalue weighted by atomic mass is 16.6. The first-order valence-electron chi connectivity index (χ1n) is 13.4. The smallest absolute Gasteiger partial charge is 0.407 e. The van der Waals surface area contributed by atoms with Crippen LogP contribution in [0.2, 0.25) is 0 Å². The molecule has 1 unspecified atom stereocenters. The van der Waals surface area contributed by atoms with Crippen LogP contribution < -0.4 is 5.32 Å². The van der Waals surface area contributed by atoms with Crippen molar-refractivity contribution in [2.45, 2.75) is 91.7 Å². The average molecular weight is 507 g/mol. The predicted octanol–water partition coefficient (Wildman–Crippen LogP) is 6.55. The number of ether oxygens (including phenoxy) is 1. The zero-order valence-corrected chi connectivity index (χ0v) is 23.5. The van der Waals surface area contributed by atoms with Gasteiger partial charge in [0.15, 0.2) is 0 Å². The van der Waals surface area contributed by atoms with E-state index < -0.39 is 5.60 Å². The number of allylic oxidation sites excluding steroid dienone is 3. The number of nitrogens with zero attached hydrogens (tertiary/aromatic N) is 3. The van der Waals surface area contributed by atoms with Gasteiger partial charge in [0.2, 0.25) is 5.82 Å². The van der Waals surface area contributed by atoms with Crippen molar-refractivity contribution >= 4 is 11.7 Å². The molecule has 0 spiro atoms. The van der Waals surface area contributed by atoms with Crippen molar-refractivity contribution in [1.29, 1.82) is 0 Å². The summed E-state index contributed by atoms with van der Waals surface area (Å²) in [5.74, 6) is 1.07. The zero-order valence-electron chi connectivity index (χ0n) is 23.5. The average Bonchev–Trinajstić information content (AvgIpc) is 3.31. The van der Waals surface area contributed by atoms with Crippen LogP contribution in [0, 0.1) is 5.41 Å². The van der Waals surface area contributed by atoms with Gasteiger partial charge < -0.3 is 19.5 Å². The Hall–Kier alpha value is -3.09. The number of aryl methyl sites for hydroxylation is 1. The number of benzene rings is 1. The van der Waals surface area contributed by atoms with E-state index in [2.05, 4.69) is 61.9 Å². The van der Waals surface area contributed by atoms with Crippen LogP contribution in [-0.2, 0) is 17.6 Å². The van der Waals surface area contributed by atoms with Crippen molar-refractivity contribution in [3.63, 3.8) is 0 Å². The summed E-state index contributed by atoms with van der Waals surface area (Å²) in [6.07, 6.45) is 5.24. The largest absolute Gasteiger partial charge is 0.444 e. The second-order valence-corrected chi connectivity index (χ2v) is 12.3. The Morgan fingerprint density at radius 2 is 2.03 bits per heavy atom. The van der Waals surface area contributed by atoms with Crippen LogP contribution in [0.4, 0.5) is 4.79 Å². The van der Waals surface area contributed by atoms with Gasteiger partial charge in [-0.05, 0) is 94.4 Å². The van der Waals surface area contributed by atoms with Gasteiger partial charge in [-0.15, -0.1) is 0 Å². The van der Waals surface area contributed by atoms with E-state index in [1.165, 1.54) is 22.4 Å². The summed E-state index contributed by atoms with van der Waals surface area (Å²) in [6.45, 7) is 17.8. The first-order valence-corrected chi connectivity index (χ1v) is 13.4. The molecule has 37 heavy (non-hydrogen) atoms. The Labute approximate surface area is 221 Å². The van der Waals surface area contributed by atoms with Crippen LogP contribution in [0.25, 0.3) is 17.0 Å². The monoisotopic (exact) mass is 506 g/mol. The molecule has 4 rings (SSSR count). The lowest BCUT2D eigenvalue weighted by atomic mass is 9.75. The van der Waals surface area contributed by atoms with Gasteiger partial charge in [-0.1, -0.05) is 37.7 Å². The second kappa shape index (κ2) is 10.3. The van der Waals surface area contributed by atoms with E-state index in [4.69, 9.17) is 14.2 Å². The number of fused-ring (bicyclic) bond motifs is 1. The zero-order chi connectivity index (χ0) is 27.0. The summed E-state index contributed by atoms with van der Waals surface area (Å²) in [7, 11) is 2.14. The summed E-state index contributed by atoms with van der Waals surface area (Å²) < 4.78 is 11.1. The molecule has 1 N–H and O–H groups in total. The van der Waals surface area contributed by atoms with Crippen molar-refractivity contribution in [3.05, 3.63) is 53.1 Å². The molecule has 1 aromatic heterocycles. The van der Waals surface area contributed by atoms with E-state index in [0.717, 1.165) is 56.2 Å². The molecule has 7 heteroatoms. The lowest BCUT2D eigenvalue weighted by Crippen LogP contribution is -2.41. The van der Waals surface area contributed by atoms with Crippen LogP contribution in [0.3, 0.4) is 0 Å². The highest BCUT2D eigenvalue weighted by Crippen LogP contribution is 2.43. The lowest BCUT2D eigenvalue weighted by Gasteiger charge is -2.37. The van der Waals surface area contributed by atoms with Gasteiger partial charge in [-0.2, -0.15) is 4.98 Å². The van der Waals surface area contributed by atoms with Crippen molar-refractivity contribution in [3.8, 4) is 11.4 Å². The topological polar surface area (TPSA) is 80.5 Å². The SMILES string of the molecule is C=C(C1=C(N(C)CC)CC(C)(C)CC1)c1nc(-c2ccc3c(c2)CCC(NC(=O)OC(C)(C)C)C3)no1. The van der Waals surface area contributed by atoms with Gasteiger partial charge >= 0.3 is 6.09 Å². The van der Waals surface area contributed by atoms with E-state index in [-0.39, 0.29) is 17.6 Å². The van der Waals surface area contributed by atoms with Gasteiger partial charge in [0.05, 0.1) is 0 Å². The minimum Gasteiger partial charge on any atom is -0.444 e. The number of carbonyl (C=O) groups is 1. The van der Waals surface area contributed by atoms with Crippen LogP contribution in [0.5, 0.6) is 0 Å². The van der Waals surface area contributed by atoms with Crippen molar-refractivity contribution in [1.82, 2.24) is 20.4 Å².